The lowest BCUT2D eigenvalue weighted by Gasteiger charge is -2.13. The zero-order chi connectivity index (χ0) is 20.4. The highest BCUT2D eigenvalue weighted by Crippen LogP contribution is 2.38. The average Bonchev–Trinajstić information content (AvgIpc) is 3.25. The quantitative estimate of drug-likeness (QED) is 0.357. The van der Waals surface area contributed by atoms with E-state index in [0.29, 0.717) is 15.0 Å². The fourth-order valence-corrected chi connectivity index (χ4v) is 5.94. The minimum absolute atomic E-state index is 0.170. The summed E-state index contributed by atoms with van der Waals surface area (Å²) in [6.45, 7) is 0.170. The Morgan fingerprint density at radius 2 is 1.72 bits per heavy atom. The molecule has 146 valence electrons. The van der Waals surface area contributed by atoms with Gasteiger partial charge in [0.15, 0.2) is 0 Å². The number of carbonyl (C=O) groups is 2. The smallest absolute Gasteiger partial charge is 0.268 e. The van der Waals surface area contributed by atoms with E-state index in [0.717, 1.165) is 31.3 Å². The van der Waals surface area contributed by atoms with Gasteiger partial charge >= 0.3 is 0 Å². The predicted molar refractivity (Wildman–Crippen MR) is 123 cm³/mol. The molecule has 1 aliphatic heterocycles. The Bertz CT molecular complexity index is 1110. The van der Waals surface area contributed by atoms with Crippen LogP contribution in [0.4, 0.5) is 4.79 Å². The molecule has 0 aliphatic carbocycles. The Labute approximate surface area is 190 Å². The summed E-state index contributed by atoms with van der Waals surface area (Å²) in [4.78, 5) is 28.7. The number of amides is 2. The molecule has 1 aromatic heterocycles. The van der Waals surface area contributed by atoms with Crippen LogP contribution in [-0.2, 0) is 11.3 Å². The number of nitrogens with zero attached hydrogens (tertiary/aromatic N) is 1. The maximum Gasteiger partial charge on any atom is 0.293 e. The second-order valence-electron chi connectivity index (χ2n) is 6.07. The van der Waals surface area contributed by atoms with Crippen molar-refractivity contribution in [3.05, 3.63) is 86.1 Å². The van der Waals surface area contributed by atoms with Crippen LogP contribution in [0, 0.1) is 0 Å². The summed E-state index contributed by atoms with van der Waals surface area (Å²) in [6, 6.07) is 18.8. The van der Waals surface area contributed by atoms with Gasteiger partial charge in [0.2, 0.25) is 0 Å². The zero-order valence-corrected chi connectivity index (χ0v) is 18.8. The SMILES string of the molecule is O=C1SC(=Cc2ccc(Sc3ccc(Cl)cc3)s2)C(=O)N1Cc1ccccc1Cl. The molecule has 0 radical (unpaired) electrons. The van der Waals surface area contributed by atoms with Gasteiger partial charge in [-0.1, -0.05) is 53.2 Å². The van der Waals surface area contributed by atoms with Gasteiger partial charge in [-0.3, -0.25) is 14.5 Å². The van der Waals surface area contributed by atoms with Gasteiger partial charge in [-0.15, -0.1) is 11.3 Å². The highest BCUT2D eigenvalue weighted by atomic mass is 35.5. The van der Waals surface area contributed by atoms with E-state index < -0.39 is 0 Å². The van der Waals surface area contributed by atoms with Crippen LogP contribution < -0.4 is 0 Å². The molecule has 0 bridgehead atoms. The first kappa shape index (κ1) is 20.6. The summed E-state index contributed by atoms with van der Waals surface area (Å²) in [5.74, 6) is -0.291. The van der Waals surface area contributed by atoms with Crippen LogP contribution in [0.25, 0.3) is 6.08 Å². The van der Waals surface area contributed by atoms with Crippen LogP contribution in [0.15, 0.2) is 74.7 Å². The number of rotatable bonds is 5. The van der Waals surface area contributed by atoms with Gasteiger partial charge in [0.05, 0.1) is 15.7 Å². The molecule has 0 unspecified atom stereocenters. The Kier molecular flexibility index (Phi) is 6.37. The third-order valence-corrected chi connectivity index (χ3v) is 7.77. The normalized spacial score (nSPS) is 15.5. The number of benzene rings is 2. The molecule has 3 aromatic rings. The first-order chi connectivity index (χ1) is 14.0. The summed E-state index contributed by atoms with van der Waals surface area (Å²) >= 11 is 16.2. The van der Waals surface area contributed by atoms with E-state index in [2.05, 4.69) is 0 Å². The monoisotopic (exact) mass is 477 g/mol. The summed E-state index contributed by atoms with van der Waals surface area (Å²) in [7, 11) is 0. The van der Waals surface area contributed by atoms with Crippen molar-refractivity contribution in [2.45, 2.75) is 15.6 Å². The fraction of sp³-hybridized carbons (Fsp3) is 0.0476. The number of thioether (sulfide) groups is 1. The van der Waals surface area contributed by atoms with Crippen LogP contribution >= 0.6 is 58.1 Å². The van der Waals surface area contributed by atoms with Crippen molar-refractivity contribution in [3.63, 3.8) is 0 Å². The van der Waals surface area contributed by atoms with Gasteiger partial charge in [-0.2, -0.15) is 0 Å². The largest absolute Gasteiger partial charge is 0.293 e. The van der Waals surface area contributed by atoms with E-state index in [9.17, 15) is 9.59 Å². The third kappa shape index (κ3) is 4.90. The molecule has 2 heterocycles. The van der Waals surface area contributed by atoms with Gasteiger partial charge in [-0.25, -0.2) is 0 Å². The van der Waals surface area contributed by atoms with Gasteiger partial charge in [0.1, 0.15) is 0 Å². The van der Waals surface area contributed by atoms with Gasteiger partial charge in [-0.05, 0) is 65.9 Å². The molecular formula is C21H13Cl2NO2S3. The number of halogens is 2. The zero-order valence-electron chi connectivity index (χ0n) is 14.8. The Morgan fingerprint density at radius 3 is 2.48 bits per heavy atom. The first-order valence-electron chi connectivity index (χ1n) is 8.51. The third-order valence-electron chi connectivity index (χ3n) is 4.07. The van der Waals surface area contributed by atoms with E-state index >= 15 is 0 Å². The van der Waals surface area contributed by atoms with Crippen LogP contribution in [0.2, 0.25) is 10.0 Å². The molecule has 29 heavy (non-hydrogen) atoms. The highest BCUT2D eigenvalue weighted by molar-refractivity contribution is 8.18. The van der Waals surface area contributed by atoms with Crippen LogP contribution in [-0.4, -0.2) is 16.0 Å². The summed E-state index contributed by atoms with van der Waals surface area (Å²) < 4.78 is 1.09. The minimum Gasteiger partial charge on any atom is -0.268 e. The first-order valence-corrected chi connectivity index (χ1v) is 11.7. The molecule has 0 spiro atoms. The molecule has 0 N–H and O–H groups in total. The standard InChI is InChI=1S/C21H13Cl2NO2S3/c22-14-5-7-15(8-6-14)27-19-10-9-16(28-19)11-18-20(25)24(21(26)29-18)12-13-3-1-2-4-17(13)23/h1-11H,12H2. The fourth-order valence-electron chi connectivity index (χ4n) is 2.65. The van der Waals surface area contributed by atoms with E-state index in [4.69, 9.17) is 23.2 Å². The van der Waals surface area contributed by atoms with E-state index in [1.165, 1.54) is 4.90 Å². The lowest BCUT2D eigenvalue weighted by Crippen LogP contribution is -2.27. The molecule has 1 saturated heterocycles. The van der Waals surface area contributed by atoms with Crippen LogP contribution in [0.3, 0.4) is 0 Å². The molecule has 0 saturated carbocycles. The molecule has 0 atom stereocenters. The lowest BCUT2D eigenvalue weighted by molar-refractivity contribution is -0.123. The predicted octanol–water partition coefficient (Wildman–Crippen LogP) is 7.44. The van der Waals surface area contributed by atoms with E-state index in [1.54, 1.807) is 35.2 Å². The Balaban J connectivity index is 1.48. The number of hydrogen-bond acceptors (Lipinski definition) is 5. The van der Waals surface area contributed by atoms with Crippen molar-refractivity contribution in [2.75, 3.05) is 0 Å². The van der Waals surface area contributed by atoms with Crippen LogP contribution in [0.5, 0.6) is 0 Å². The van der Waals surface area contributed by atoms with Crippen molar-refractivity contribution >= 4 is 75.3 Å². The van der Waals surface area contributed by atoms with Crippen molar-refractivity contribution in [1.82, 2.24) is 4.90 Å². The molecule has 2 amide bonds. The van der Waals surface area contributed by atoms with Gasteiger partial charge in [0, 0.05) is 19.8 Å². The summed E-state index contributed by atoms with van der Waals surface area (Å²) in [6.07, 6.45) is 1.77. The molecule has 3 nitrogen and oxygen atoms in total. The lowest BCUT2D eigenvalue weighted by atomic mass is 10.2. The summed E-state index contributed by atoms with van der Waals surface area (Å²) in [5.41, 5.74) is 0.746. The molecular weight excluding hydrogens is 465 g/mol. The summed E-state index contributed by atoms with van der Waals surface area (Å²) in [5, 5.41) is 0.958. The topological polar surface area (TPSA) is 37.4 Å². The van der Waals surface area contributed by atoms with Crippen LogP contribution in [0.1, 0.15) is 10.4 Å². The maximum atomic E-state index is 12.7. The molecule has 8 heteroatoms. The van der Waals surface area contributed by atoms with Crippen molar-refractivity contribution in [2.24, 2.45) is 0 Å². The average molecular weight is 478 g/mol. The minimum atomic E-state index is -0.291. The van der Waals surface area contributed by atoms with Crippen molar-refractivity contribution in [1.29, 1.82) is 0 Å². The molecule has 4 rings (SSSR count). The van der Waals surface area contributed by atoms with Crippen molar-refractivity contribution < 1.29 is 9.59 Å². The Hall–Kier alpha value is -1.70. The molecule has 2 aromatic carbocycles. The maximum absolute atomic E-state index is 12.7. The number of imide groups is 1. The number of thiophene rings is 1. The number of carbonyl (C=O) groups excluding carboxylic acids is 2. The van der Waals surface area contributed by atoms with Gasteiger partial charge < -0.3 is 0 Å². The highest BCUT2D eigenvalue weighted by Gasteiger charge is 2.35. The Morgan fingerprint density at radius 1 is 0.966 bits per heavy atom. The number of hydrogen-bond donors (Lipinski definition) is 0. The second-order valence-corrected chi connectivity index (χ2v) is 10.4. The van der Waals surface area contributed by atoms with E-state index in [1.807, 2.05) is 54.6 Å². The second kappa shape index (κ2) is 8.98. The molecule has 1 fully saturated rings. The molecule has 1 aliphatic rings. The van der Waals surface area contributed by atoms with Crippen molar-refractivity contribution in [3.8, 4) is 0 Å². The van der Waals surface area contributed by atoms with E-state index in [-0.39, 0.29) is 17.7 Å². The van der Waals surface area contributed by atoms with Gasteiger partial charge in [0.25, 0.3) is 11.1 Å².